The number of carboxylic acid groups (broad SMARTS) is 1. The van der Waals surface area contributed by atoms with Gasteiger partial charge in [-0.3, -0.25) is 9.59 Å². The van der Waals surface area contributed by atoms with Gasteiger partial charge >= 0.3 is 5.97 Å². The van der Waals surface area contributed by atoms with E-state index < -0.39 is 17.3 Å². The number of benzene rings is 1. The van der Waals surface area contributed by atoms with Crippen molar-refractivity contribution in [1.29, 1.82) is 0 Å². The van der Waals surface area contributed by atoms with Crippen LogP contribution in [0.2, 0.25) is 0 Å². The maximum absolute atomic E-state index is 13.0. The fraction of sp³-hybridized carbons (Fsp3) is 0.600. The Kier molecular flexibility index (Phi) is 6.45. The molecule has 25 heavy (non-hydrogen) atoms. The van der Waals surface area contributed by atoms with Crippen LogP contribution in [0.25, 0.3) is 0 Å². The van der Waals surface area contributed by atoms with Gasteiger partial charge < -0.3 is 15.2 Å². The summed E-state index contributed by atoms with van der Waals surface area (Å²) in [5.74, 6) is -0.649. The summed E-state index contributed by atoms with van der Waals surface area (Å²) in [7, 11) is 1.63. The lowest BCUT2D eigenvalue weighted by Crippen LogP contribution is -2.45. The molecule has 1 saturated carbocycles. The summed E-state index contributed by atoms with van der Waals surface area (Å²) in [6, 6.07) is 5.95. The number of rotatable bonds is 8. The van der Waals surface area contributed by atoms with Crippen LogP contribution >= 0.6 is 0 Å². The summed E-state index contributed by atoms with van der Waals surface area (Å²) in [4.78, 5) is 24.4. The third-order valence-electron chi connectivity index (χ3n) is 5.35. The molecule has 1 unspecified atom stereocenters. The van der Waals surface area contributed by atoms with Crippen molar-refractivity contribution >= 4 is 11.9 Å². The summed E-state index contributed by atoms with van der Waals surface area (Å²) in [6.45, 7) is 4.12. The highest BCUT2D eigenvalue weighted by Gasteiger charge is 2.43. The van der Waals surface area contributed by atoms with Gasteiger partial charge in [0.15, 0.2) is 0 Å². The van der Waals surface area contributed by atoms with Gasteiger partial charge in [0.05, 0.1) is 18.4 Å². The number of ether oxygens (including phenoxy) is 1. The zero-order valence-electron chi connectivity index (χ0n) is 15.4. The second-order valence-electron chi connectivity index (χ2n) is 7.01. The SMILES string of the molecule is CCCC(CNC(=O)C1(c2ccc(C)c(OC)c2)CCCC1)C(=O)O. The van der Waals surface area contributed by atoms with E-state index in [1.54, 1.807) is 7.11 Å². The van der Waals surface area contributed by atoms with Crippen molar-refractivity contribution in [1.82, 2.24) is 5.32 Å². The molecule has 1 aliphatic rings. The Morgan fingerprint density at radius 2 is 2.00 bits per heavy atom. The average Bonchev–Trinajstić information content (AvgIpc) is 3.09. The smallest absolute Gasteiger partial charge is 0.308 e. The van der Waals surface area contributed by atoms with Gasteiger partial charge in [0.1, 0.15) is 5.75 Å². The van der Waals surface area contributed by atoms with Gasteiger partial charge in [-0.05, 0) is 43.4 Å². The molecule has 0 aliphatic heterocycles. The van der Waals surface area contributed by atoms with E-state index in [0.29, 0.717) is 6.42 Å². The van der Waals surface area contributed by atoms with Crippen LogP contribution in [0.15, 0.2) is 18.2 Å². The van der Waals surface area contributed by atoms with Gasteiger partial charge in [-0.2, -0.15) is 0 Å². The van der Waals surface area contributed by atoms with E-state index in [4.69, 9.17) is 4.74 Å². The van der Waals surface area contributed by atoms with Crippen molar-refractivity contribution < 1.29 is 19.4 Å². The fourth-order valence-corrected chi connectivity index (χ4v) is 3.79. The topological polar surface area (TPSA) is 75.6 Å². The lowest BCUT2D eigenvalue weighted by atomic mass is 9.77. The monoisotopic (exact) mass is 347 g/mol. The number of carboxylic acids is 1. The van der Waals surface area contributed by atoms with Gasteiger partial charge in [-0.15, -0.1) is 0 Å². The Balaban J connectivity index is 2.21. The Hall–Kier alpha value is -2.04. The molecule has 1 fully saturated rings. The lowest BCUT2D eigenvalue weighted by molar-refractivity contribution is -0.142. The van der Waals surface area contributed by atoms with Crippen molar-refractivity contribution in [2.45, 2.75) is 57.8 Å². The van der Waals surface area contributed by atoms with E-state index in [9.17, 15) is 14.7 Å². The minimum absolute atomic E-state index is 0.0572. The van der Waals surface area contributed by atoms with Gasteiger partial charge in [0, 0.05) is 6.54 Å². The second-order valence-corrected chi connectivity index (χ2v) is 7.01. The molecule has 0 bridgehead atoms. The largest absolute Gasteiger partial charge is 0.496 e. The zero-order valence-corrected chi connectivity index (χ0v) is 15.4. The number of aliphatic carboxylic acids is 1. The fourth-order valence-electron chi connectivity index (χ4n) is 3.79. The van der Waals surface area contributed by atoms with E-state index >= 15 is 0 Å². The predicted molar refractivity (Wildman–Crippen MR) is 96.9 cm³/mol. The molecule has 1 aromatic rings. The number of carbonyl (C=O) groups is 2. The first-order valence-electron chi connectivity index (χ1n) is 9.11. The Bertz CT molecular complexity index is 620. The second kappa shape index (κ2) is 8.37. The molecule has 5 nitrogen and oxygen atoms in total. The number of hydrogen-bond acceptors (Lipinski definition) is 3. The van der Waals surface area contributed by atoms with E-state index in [0.717, 1.165) is 49.0 Å². The number of carbonyl (C=O) groups excluding carboxylic acids is 1. The van der Waals surface area contributed by atoms with Gasteiger partial charge in [-0.1, -0.05) is 38.3 Å². The van der Waals surface area contributed by atoms with Crippen molar-refractivity contribution in [3.05, 3.63) is 29.3 Å². The summed E-state index contributed by atoms with van der Waals surface area (Å²) in [5.41, 5.74) is 1.43. The minimum atomic E-state index is -0.848. The minimum Gasteiger partial charge on any atom is -0.496 e. The van der Waals surface area contributed by atoms with Crippen molar-refractivity contribution in [2.75, 3.05) is 13.7 Å². The molecule has 1 atom stereocenters. The zero-order chi connectivity index (χ0) is 18.4. The molecule has 2 N–H and O–H groups in total. The molecular weight excluding hydrogens is 318 g/mol. The highest BCUT2D eigenvalue weighted by atomic mass is 16.5. The number of methoxy groups -OCH3 is 1. The lowest BCUT2D eigenvalue weighted by Gasteiger charge is -2.29. The molecule has 2 rings (SSSR count). The highest BCUT2D eigenvalue weighted by molar-refractivity contribution is 5.89. The Morgan fingerprint density at radius 1 is 1.32 bits per heavy atom. The molecule has 138 valence electrons. The van der Waals surface area contributed by atoms with Crippen molar-refractivity contribution in [3.63, 3.8) is 0 Å². The molecular formula is C20H29NO4. The van der Waals surface area contributed by atoms with Gasteiger partial charge in [0.25, 0.3) is 0 Å². The van der Waals surface area contributed by atoms with E-state index in [1.165, 1.54) is 0 Å². The highest BCUT2D eigenvalue weighted by Crippen LogP contribution is 2.42. The van der Waals surface area contributed by atoms with Gasteiger partial charge in [0.2, 0.25) is 5.91 Å². The first-order chi connectivity index (χ1) is 11.9. The molecule has 0 aromatic heterocycles. The molecule has 0 heterocycles. The van der Waals surface area contributed by atoms with E-state index in [2.05, 4.69) is 5.32 Å². The maximum atomic E-state index is 13.0. The quantitative estimate of drug-likeness (QED) is 0.755. The van der Waals surface area contributed by atoms with Crippen LogP contribution in [0.1, 0.15) is 56.6 Å². The molecule has 1 aromatic carbocycles. The molecule has 0 radical (unpaired) electrons. The van der Waals surface area contributed by atoms with Crippen molar-refractivity contribution in [3.8, 4) is 5.75 Å². The third-order valence-corrected chi connectivity index (χ3v) is 5.35. The van der Waals surface area contributed by atoms with Crippen LogP contribution in [0, 0.1) is 12.8 Å². The summed E-state index contributed by atoms with van der Waals surface area (Å²) in [5, 5.41) is 12.2. The number of hydrogen-bond donors (Lipinski definition) is 2. The summed E-state index contributed by atoms with van der Waals surface area (Å²) >= 11 is 0. The van der Waals surface area contributed by atoms with Crippen LogP contribution < -0.4 is 10.1 Å². The standard InChI is InChI=1S/C20H29NO4/c1-4-7-15(18(22)23)13-21-19(24)20(10-5-6-11-20)16-9-8-14(2)17(12-16)25-3/h8-9,12,15H,4-7,10-11,13H2,1-3H3,(H,21,24)(H,22,23). The molecule has 5 heteroatoms. The summed E-state index contributed by atoms with van der Waals surface area (Å²) in [6.07, 6.45) is 4.93. The predicted octanol–water partition coefficient (Wildman–Crippen LogP) is 3.43. The maximum Gasteiger partial charge on any atom is 0.308 e. The Morgan fingerprint density at radius 3 is 2.56 bits per heavy atom. The Labute approximate surface area is 149 Å². The van der Waals surface area contributed by atoms with Crippen LogP contribution in [0.5, 0.6) is 5.75 Å². The van der Waals surface area contributed by atoms with Crippen molar-refractivity contribution in [2.24, 2.45) is 5.92 Å². The number of aryl methyl sites for hydroxylation is 1. The van der Waals surface area contributed by atoms with Crippen LogP contribution in [0.3, 0.4) is 0 Å². The molecule has 0 saturated heterocycles. The third kappa shape index (κ3) is 4.14. The number of amides is 1. The molecule has 0 spiro atoms. The van der Waals surface area contributed by atoms with Gasteiger partial charge in [-0.25, -0.2) is 0 Å². The van der Waals surface area contributed by atoms with Crippen LogP contribution in [-0.2, 0) is 15.0 Å². The number of nitrogens with one attached hydrogen (secondary N) is 1. The van der Waals surface area contributed by atoms with Crippen LogP contribution in [-0.4, -0.2) is 30.6 Å². The molecule has 1 aliphatic carbocycles. The van der Waals surface area contributed by atoms with E-state index in [1.807, 2.05) is 32.0 Å². The first kappa shape index (κ1) is 19.3. The first-order valence-corrected chi connectivity index (χ1v) is 9.11. The molecule has 1 amide bonds. The normalized spacial score (nSPS) is 17.1. The summed E-state index contributed by atoms with van der Waals surface area (Å²) < 4.78 is 5.42. The van der Waals surface area contributed by atoms with E-state index in [-0.39, 0.29) is 12.5 Å². The average molecular weight is 347 g/mol. The van der Waals surface area contributed by atoms with Crippen LogP contribution in [0.4, 0.5) is 0 Å².